The first-order valence-corrected chi connectivity index (χ1v) is 5.57. The van der Waals surface area contributed by atoms with Crippen molar-refractivity contribution in [2.24, 2.45) is 0 Å². The molecule has 0 radical (unpaired) electrons. The van der Waals surface area contributed by atoms with E-state index in [1.165, 1.54) is 6.07 Å². The molecule has 0 aliphatic carbocycles. The molecule has 100 valence electrons. The number of aromatic nitrogens is 1. The molecule has 2 rings (SSSR count). The Bertz CT molecular complexity index is 567. The Morgan fingerprint density at radius 3 is 2.63 bits per heavy atom. The molecule has 0 unspecified atom stereocenters. The van der Waals surface area contributed by atoms with Crippen LogP contribution in [0.3, 0.4) is 0 Å². The molecule has 1 heterocycles. The molecule has 1 aromatic heterocycles. The van der Waals surface area contributed by atoms with Gasteiger partial charge in [-0.3, -0.25) is 0 Å². The maximum absolute atomic E-state index is 12.5. The number of hydrogen-bond acceptors (Lipinski definition) is 3. The molecular formula is C13H12F3N3. The first-order chi connectivity index (χ1) is 8.97. The third-order valence-electron chi connectivity index (χ3n) is 2.58. The van der Waals surface area contributed by atoms with Gasteiger partial charge < -0.3 is 11.1 Å². The largest absolute Gasteiger partial charge is 0.416 e. The lowest BCUT2D eigenvalue weighted by atomic mass is 10.1. The molecule has 3 N–H and O–H groups in total. The summed E-state index contributed by atoms with van der Waals surface area (Å²) in [7, 11) is 0. The molecule has 0 bridgehead atoms. The summed E-state index contributed by atoms with van der Waals surface area (Å²) in [6, 6.07) is 8.57. The van der Waals surface area contributed by atoms with Gasteiger partial charge in [-0.15, -0.1) is 0 Å². The van der Waals surface area contributed by atoms with Crippen LogP contribution in [0.15, 0.2) is 42.6 Å². The fourth-order valence-electron chi connectivity index (χ4n) is 1.62. The maximum atomic E-state index is 12.5. The average Bonchev–Trinajstić information content (AvgIpc) is 2.37. The minimum atomic E-state index is -4.33. The normalized spacial score (nSPS) is 11.3. The van der Waals surface area contributed by atoms with E-state index in [1.54, 1.807) is 24.4 Å². The third kappa shape index (κ3) is 3.37. The van der Waals surface area contributed by atoms with E-state index in [0.29, 0.717) is 17.1 Å². The summed E-state index contributed by atoms with van der Waals surface area (Å²) < 4.78 is 37.6. The molecule has 0 amide bonds. The highest BCUT2D eigenvalue weighted by Crippen LogP contribution is 2.29. The Morgan fingerprint density at radius 1 is 1.16 bits per heavy atom. The van der Waals surface area contributed by atoms with Gasteiger partial charge in [0.05, 0.1) is 11.3 Å². The number of benzene rings is 1. The molecule has 0 saturated heterocycles. The average molecular weight is 267 g/mol. The van der Waals surface area contributed by atoms with Crippen LogP contribution in [-0.2, 0) is 12.7 Å². The molecule has 0 saturated carbocycles. The standard InChI is InChI=1S/C13H12F3N3/c14-13(15,16)10-4-1-3-9(7-10)8-19-11-5-2-6-18-12(11)17/h1-7,19H,8H2,(H2,17,18). The number of nitrogens with one attached hydrogen (secondary N) is 1. The van der Waals surface area contributed by atoms with Gasteiger partial charge >= 0.3 is 6.18 Å². The number of pyridine rings is 1. The van der Waals surface area contributed by atoms with Crippen molar-refractivity contribution >= 4 is 11.5 Å². The van der Waals surface area contributed by atoms with Crippen molar-refractivity contribution in [3.63, 3.8) is 0 Å². The molecule has 19 heavy (non-hydrogen) atoms. The minimum absolute atomic E-state index is 0.250. The van der Waals surface area contributed by atoms with Crippen LogP contribution >= 0.6 is 0 Å². The summed E-state index contributed by atoms with van der Waals surface area (Å²) in [5.41, 5.74) is 6.09. The predicted octanol–water partition coefficient (Wildman–Crippen LogP) is 3.29. The van der Waals surface area contributed by atoms with E-state index in [4.69, 9.17) is 5.73 Å². The molecule has 6 heteroatoms. The molecule has 0 atom stereocenters. The van der Waals surface area contributed by atoms with Crippen molar-refractivity contribution in [2.45, 2.75) is 12.7 Å². The first-order valence-electron chi connectivity index (χ1n) is 5.57. The van der Waals surface area contributed by atoms with Crippen LogP contribution < -0.4 is 11.1 Å². The second-order valence-electron chi connectivity index (χ2n) is 3.99. The van der Waals surface area contributed by atoms with Gasteiger partial charge in [0.15, 0.2) is 0 Å². The Hall–Kier alpha value is -2.24. The lowest BCUT2D eigenvalue weighted by molar-refractivity contribution is -0.137. The Morgan fingerprint density at radius 2 is 1.95 bits per heavy atom. The SMILES string of the molecule is Nc1ncccc1NCc1cccc(C(F)(F)F)c1. The van der Waals surface area contributed by atoms with Gasteiger partial charge in [-0.25, -0.2) is 4.98 Å². The van der Waals surface area contributed by atoms with Gasteiger partial charge in [0.1, 0.15) is 5.82 Å². The zero-order valence-electron chi connectivity index (χ0n) is 9.91. The van der Waals surface area contributed by atoms with E-state index in [2.05, 4.69) is 10.3 Å². The third-order valence-corrected chi connectivity index (χ3v) is 2.58. The Kier molecular flexibility index (Phi) is 3.59. The topological polar surface area (TPSA) is 50.9 Å². The molecule has 0 spiro atoms. The molecule has 0 aliphatic heterocycles. The van der Waals surface area contributed by atoms with Gasteiger partial charge in [-0.1, -0.05) is 12.1 Å². The lowest BCUT2D eigenvalue weighted by Crippen LogP contribution is -2.07. The van der Waals surface area contributed by atoms with Crippen LogP contribution in [0.5, 0.6) is 0 Å². The molecule has 0 fully saturated rings. The minimum Gasteiger partial charge on any atom is -0.382 e. The van der Waals surface area contributed by atoms with E-state index >= 15 is 0 Å². The monoisotopic (exact) mass is 267 g/mol. The van der Waals surface area contributed by atoms with Crippen LogP contribution in [0.2, 0.25) is 0 Å². The van der Waals surface area contributed by atoms with Crippen LogP contribution in [0, 0.1) is 0 Å². The molecular weight excluding hydrogens is 255 g/mol. The molecule has 2 aromatic rings. The number of hydrogen-bond donors (Lipinski definition) is 2. The van der Waals surface area contributed by atoms with Crippen molar-refractivity contribution < 1.29 is 13.2 Å². The number of halogens is 3. The number of rotatable bonds is 3. The fourth-order valence-corrected chi connectivity index (χ4v) is 1.62. The number of nitrogen functional groups attached to an aromatic ring is 1. The second kappa shape index (κ2) is 5.17. The van der Waals surface area contributed by atoms with Gasteiger partial charge in [0, 0.05) is 12.7 Å². The van der Waals surface area contributed by atoms with Crippen molar-refractivity contribution in [3.8, 4) is 0 Å². The van der Waals surface area contributed by atoms with Crippen molar-refractivity contribution in [1.82, 2.24) is 4.98 Å². The number of nitrogens with two attached hydrogens (primary N) is 1. The highest BCUT2D eigenvalue weighted by Gasteiger charge is 2.30. The predicted molar refractivity (Wildman–Crippen MR) is 67.4 cm³/mol. The molecule has 1 aromatic carbocycles. The van der Waals surface area contributed by atoms with Gasteiger partial charge in [0.25, 0.3) is 0 Å². The first kappa shape index (κ1) is 13.2. The van der Waals surface area contributed by atoms with Crippen LogP contribution in [-0.4, -0.2) is 4.98 Å². The summed E-state index contributed by atoms with van der Waals surface area (Å²) in [4.78, 5) is 3.88. The number of alkyl halides is 3. The molecule has 0 aliphatic rings. The van der Waals surface area contributed by atoms with E-state index in [-0.39, 0.29) is 6.54 Å². The summed E-state index contributed by atoms with van der Waals surface area (Å²) in [6.07, 6.45) is -2.78. The highest BCUT2D eigenvalue weighted by molar-refractivity contribution is 5.60. The van der Waals surface area contributed by atoms with Crippen LogP contribution in [0.25, 0.3) is 0 Å². The molecule has 3 nitrogen and oxygen atoms in total. The van der Waals surface area contributed by atoms with E-state index in [9.17, 15) is 13.2 Å². The Balaban J connectivity index is 2.10. The van der Waals surface area contributed by atoms with Crippen molar-refractivity contribution in [2.75, 3.05) is 11.1 Å². The smallest absolute Gasteiger partial charge is 0.382 e. The summed E-state index contributed by atoms with van der Waals surface area (Å²) in [5.74, 6) is 0.314. The van der Waals surface area contributed by atoms with Gasteiger partial charge in [0.2, 0.25) is 0 Å². The van der Waals surface area contributed by atoms with E-state index in [0.717, 1.165) is 12.1 Å². The number of nitrogens with zero attached hydrogens (tertiary/aromatic N) is 1. The number of anilines is 2. The summed E-state index contributed by atoms with van der Waals surface area (Å²) in [5, 5.41) is 2.95. The quantitative estimate of drug-likeness (QED) is 0.897. The fraction of sp³-hybridized carbons (Fsp3) is 0.154. The lowest BCUT2D eigenvalue weighted by Gasteiger charge is -2.11. The zero-order chi connectivity index (χ0) is 13.9. The van der Waals surface area contributed by atoms with Crippen LogP contribution in [0.4, 0.5) is 24.7 Å². The van der Waals surface area contributed by atoms with Crippen LogP contribution in [0.1, 0.15) is 11.1 Å². The van der Waals surface area contributed by atoms with Crippen molar-refractivity contribution in [1.29, 1.82) is 0 Å². The second-order valence-corrected chi connectivity index (χ2v) is 3.99. The summed E-state index contributed by atoms with van der Waals surface area (Å²) in [6.45, 7) is 0.250. The van der Waals surface area contributed by atoms with Crippen molar-refractivity contribution in [3.05, 3.63) is 53.7 Å². The van der Waals surface area contributed by atoms with E-state index in [1.807, 2.05) is 0 Å². The van der Waals surface area contributed by atoms with Gasteiger partial charge in [-0.2, -0.15) is 13.2 Å². The Labute approximate surface area is 108 Å². The maximum Gasteiger partial charge on any atom is 0.416 e. The van der Waals surface area contributed by atoms with E-state index < -0.39 is 11.7 Å². The van der Waals surface area contributed by atoms with Gasteiger partial charge in [-0.05, 0) is 29.8 Å². The zero-order valence-corrected chi connectivity index (χ0v) is 9.91. The summed E-state index contributed by atoms with van der Waals surface area (Å²) >= 11 is 0. The highest BCUT2D eigenvalue weighted by atomic mass is 19.4.